The summed E-state index contributed by atoms with van der Waals surface area (Å²) < 4.78 is 5.18. The van der Waals surface area contributed by atoms with Gasteiger partial charge in [-0.3, -0.25) is 4.79 Å². The predicted octanol–water partition coefficient (Wildman–Crippen LogP) is 2.90. The van der Waals surface area contributed by atoms with Crippen LogP contribution in [0.2, 0.25) is 0 Å². The zero-order valence-corrected chi connectivity index (χ0v) is 11.0. The second kappa shape index (κ2) is 5.10. The maximum absolute atomic E-state index is 12.1. The van der Waals surface area contributed by atoms with E-state index in [1.54, 1.807) is 25.3 Å². The molecular formula is C13H14N2O2S. The van der Waals surface area contributed by atoms with Crippen molar-refractivity contribution in [3.63, 3.8) is 0 Å². The first-order valence-electron chi connectivity index (χ1n) is 5.42. The first-order valence-corrected chi connectivity index (χ1v) is 6.23. The average molecular weight is 262 g/mol. The fourth-order valence-electron chi connectivity index (χ4n) is 1.66. The van der Waals surface area contributed by atoms with Crippen molar-refractivity contribution < 1.29 is 9.53 Å². The van der Waals surface area contributed by atoms with Crippen LogP contribution in [0.3, 0.4) is 0 Å². The highest BCUT2D eigenvalue weighted by molar-refractivity contribution is 7.18. The van der Waals surface area contributed by atoms with E-state index in [1.807, 2.05) is 19.1 Å². The van der Waals surface area contributed by atoms with Crippen LogP contribution in [0.25, 0.3) is 0 Å². The van der Waals surface area contributed by atoms with Crippen molar-refractivity contribution in [1.29, 1.82) is 0 Å². The largest absolute Gasteiger partial charge is 0.495 e. The molecule has 1 aromatic heterocycles. The van der Waals surface area contributed by atoms with Crippen LogP contribution in [0, 0.1) is 6.92 Å². The average Bonchev–Trinajstić information content (AvgIpc) is 2.69. The highest BCUT2D eigenvalue weighted by Gasteiger charge is 2.14. The number of aryl methyl sites for hydroxylation is 1. The molecule has 0 unspecified atom stereocenters. The smallest absolute Gasteiger partial charge is 0.266 e. The molecular weight excluding hydrogens is 248 g/mol. The molecule has 0 bridgehead atoms. The fourth-order valence-corrected chi connectivity index (χ4v) is 2.49. The number of amides is 1. The van der Waals surface area contributed by atoms with Gasteiger partial charge < -0.3 is 15.8 Å². The van der Waals surface area contributed by atoms with E-state index in [0.29, 0.717) is 21.3 Å². The van der Waals surface area contributed by atoms with Crippen molar-refractivity contribution in [3.05, 3.63) is 40.8 Å². The number of ether oxygens (including phenoxy) is 1. The normalized spacial score (nSPS) is 10.1. The van der Waals surface area contributed by atoms with E-state index < -0.39 is 0 Å². The van der Waals surface area contributed by atoms with Crippen molar-refractivity contribution >= 4 is 27.9 Å². The number of hydrogen-bond donors (Lipinski definition) is 2. The van der Waals surface area contributed by atoms with Crippen LogP contribution >= 0.6 is 11.3 Å². The molecule has 0 aliphatic carbocycles. The summed E-state index contributed by atoms with van der Waals surface area (Å²) in [5, 5.41) is 3.46. The first kappa shape index (κ1) is 12.4. The van der Waals surface area contributed by atoms with Crippen molar-refractivity contribution in [3.8, 4) is 5.75 Å². The number of nitrogen functional groups attached to an aromatic ring is 1. The van der Waals surface area contributed by atoms with Gasteiger partial charge in [0.05, 0.1) is 22.7 Å². The van der Waals surface area contributed by atoms with Gasteiger partial charge in [0.25, 0.3) is 5.91 Å². The molecule has 2 aromatic rings. The standard InChI is InChI=1S/C13H14N2O2S/c1-8-7-11(14)18-12(8)13(16)15-9-5-3-4-6-10(9)17-2/h3-7H,14H2,1-2H3,(H,15,16). The summed E-state index contributed by atoms with van der Waals surface area (Å²) in [7, 11) is 1.57. The van der Waals surface area contributed by atoms with Crippen LogP contribution in [0.5, 0.6) is 5.75 Å². The molecule has 0 spiro atoms. The molecule has 5 heteroatoms. The minimum Gasteiger partial charge on any atom is -0.495 e. The molecule has 0 radical (unpaired) electrons. The van der Waals surface area contributed by atoms with Gasteiger partial charge in [-0.1, -0.05) is 12.1 Å². The third kappa shape index (κ3) is 2.46. The van der Waals surface area contributed by atoms with Gasteiger partial charge in [0.1, 0.15) is 5.75 Å². The van der Waals surface area contributed by atoms with Gasteiger partial charge in [-0.15, -0.1) is 11.3 Å². The number of rotatable bonds is 3. The molecule has 0 atom stereocenters. The van der Waals surface area contributed by atoms with Crippen LogP contribution in [0.4, 0.5) is 10.7 Å². The monoisotopic (exact) mass is 262 g/mol. The van der Waals surface area contributed by atoms with Crippen molar-refractivity contribution in [2.24, 2.45) is 0 Å². The van der Waals surface area contributed by atoms with Crippen molar-refractivity contribution in [2.45, 2.75) is 6.92 Å². The molecule has 1 heterocycles. The lowest BCUT2D eigenvalue weighted by atomic mass is 10.2. The fraction of sp³-hybridized carbons (Fsp3) is 0.154. The Morgan fingerprint density at radius 2 is 2.11 bits per heavy atom. The van der Waals surface area contributed by atoms with Gasteiger partial charge >= 0.3 is 0 Å². The van der Waals surface area contributed by atoms with Gasteiger partial charge in [0.2, 0.25) is 0 Å². The number of anilines is 2. The number of nitrogens with two attached hydrogens (primary N) is 1. The Bertz CT molecular complexity index is 578. The van der Waals surface area contributed by atoms with Gasteiger partial charge in [-0.2, -0.15) is 0 Å². The lowest BCUT2D eigenvalue weighted by Crippen LogP contribution is -2.12. The Morgan fingerprint density at radius 3 is 2.72 bits per heavy atom. The summed E-state index contributed by atoms with van der Waals surface area (Å²) in [4.78, 5) is 12.7. The zero-order valence-electron chi connectivity index (χ0n) is 10.2. The summed E-state index contributed by atoms with van der Waals surface area (Å²) in [6, 6.07) is 9.08. The van der Waals surface area contributed by atoms with E-state index in [2.05, 4.69) is 5.32 Å². The summed E-state index contributed by atoms with van der Waals surface area (Å²) in [6.45, 7) is 1.87. The second-order valence-corrected chi connectivity index (χ2v) is 4.90. The van der Waals surface area contributed by atoms with Crippen molar-refractivity contribution in [2.75, 3.05) is 18.2 Å². The van der Waals surface area contributed by atoms with E-state index in [4.69, 9.17) is 10.5 Å². The molecule has 1 amide bonds. The second-order valence-electron chi connectivity index (χ2n) is 3.82. The molecule has 94 valence electrons. The molecule has 3 N–H and O–H groups in total. The Balaban J connectivity index is 2.24. The maximum atomic E-state index is 12.1. The van der Waals surface area contributed by atoms with Gasteiger partial charge in [-0.05, 0) is 30.7 Å². The minimum atomic E-state index is -0.168. The quantitative estimate of drug-likeness (QED) is 0.894. The van der Waals surface area contributed by atoms with Crippen LogP contribution in [-0.4, -0.2) is 13.0 Å². The molecule has 1 aromatic carbocycles. The topological polar surface area (TPSA) is 64.3 Å². The van der Waals surface area contributed by atoms with Gasteiger partial charge in [0.15, 0.2) is 0 Å². The van der Waals surface area contributed by atoms with Crippen LogP contribution in [-0.2, 0) is 0 Å². The lowest BCUT2D eigenvalue weighted by molar-refractivity contribution is 0.102. The molecule has 0 aliphatic heterocycles. The first-order chi connectivity index (χ1) is 8.61. The number of benzene rings is 1. The number of carbonyl (C=O) groups excluding carboxylic acids is 1. The van der Waals surface area contributed by atoms with Gasteiger partial charge in [0, 0.05) is 0 Å². The molecule has 0 fully saturated rings. The molecule has 4 nitrogen and oxygen atoms in total. The van der Waals surface area contributed by atoms with Crippen molar-refractivity contribution in [1.82, 2.24) is 0 Å². The van der Waals surface area contributed by atoms with E-state index in [9.17, 15) is 4.79 Å². The number of thiophene rings is 1. The van der Waals surface area contributed by atoms with E-state index >= 15 is 0 Å². The zero-order chi connectivity index (χ0) is 13.1. The Morgan fingerprint density at radius 1 is 1.39 bits per heavy atom. The molecule has 18 heavy (non-hydrogen) atoms. The predicted molar refractivity (Wildman–Crippen MR) is 74.4 cm³/mol. The summed E-state index contributed by atoms with van der Waals surface area (Å²) in [5.74, 6) is 0.465. The van der Waals surface area contributed by atoms with E-state index in [1.165, 1.54) is 11.3 Å². The Labute approximate surface area is 109 Å². The lowest BCUT2D eigenvalue weighted by Gasteiger charge is -2.09. The molecule has 2 rings (SSSR count). The van der Waals surface area contributed by atoms with Crippen LogP contribution < -0.4 is 15.8 Å². The summed E-state index contributed by atoms with van der Waals surface area (Å²) in [6.07, 6.45) is 0. The summed E-state index contributed by atoms with van der Waals surface area (Å²) >= 11 is 1.28. The maximum Gasteiger partial charge on any atom is 0.266 e. The SMILES string of the molecule is COc1ccccc1NC(=O)c1sc(N)cc1C. The van der Waals surface area contributed by atoms with E-state index in [0.717, 1.165) is 5.56 Å². The molecule has 0 aliphatic rings. The van der Waals surface area contributed by atoms with E-state index in [-0.39, 0.29) is 5.91 Å². The Kier molecular flexibility index (Phi) is 3.53. The molecule has 0 saturated heterocycles. The van der Waals surface area contributed by atoms with Crippen LogP contribution in [0.1, 0.15) is 15.2 Å². The number of para-hydroxylation sites is 2. The minimum absolute atomic E-state index is 0.168. The van der Waals surface area contributed by atoms with Crippen LogP contribution in [0.15, 0.2) is 30.3 Å². The number of hydrogen-bond acceptors (Lipinski definition) is 4. The number of nitrogens with one attached hydrogen (secondary N) is 1. The third-order valence-corrected chi connectivity index (χ3v) is 3.56. The number of carbonyl (C=O) groups is 1. The molecule has 0 saturated carbocycles. The third-order valence-electron chi connectivity index (χ3n) is 2.50. The van der Waals surface area contributed by atoms with Gasteiger partial charge in [-0.25, -0.2) is 0 Å². The summed E-state index contributed by atoms with van der Waals surface area (Å²) in [5.41, 5.74) is 7.21. The number of methoxy groups -OCH3 is 1. The Hall–Kier alpha value is -2.01. The highest BCUT2D eigenvalue weighted by atomic mass is 32.1. The highest BCUT2D eigenvalue weighted by Crippen LogP contribution is 2.27.